The van der Waals surface area contributed by atoms with E-state index in [0.717, 1.165) is 6.42 Å². The maximum atomic E-state index is 12.6. The molecule has 22 heavy (non-hydrogen) atoms. The van der Waals surface area contributed by atoms with Gasteiger partial charge in [-0.25, -0.2) is 17.9 Å². The third kappa shape index (κ3) is 4.99. The Morgan fingerprint density at radius 2 is 1.91 bits per heavy atom. The highest BCUT2D eigenvalue weighted by Crippen LogP contribution is 2.25. The molecule has 1 atom stereocenters. The van der Waals surface area contributed by atoms with Crippen LogP contribution in [0.5, 0.6) is 0 Å². The second-order valence-corrected chi connectivity index (χ2v) is 7.98. The van der Waals surface area contributed by atoms with Crippen molar-refractivity contribution in [3.63, 3.8) is 0 Å². The van der Waals surface area contributed by atoms with E-state index in [-0.39, 0.29) is 16.5 Å². The number of nitrogens with one attached hydrogen (secondary N) is 2. The Hall–Kier alpha value is -1.60. The van der Waals surface area contributed by atoms with Gasteiger partial charge in [-0.2, -0.15) is 0 Å². The van der Waals surface area contributed by atoms with E-state index in [1.54, 1.807) is 20.8 Å². The lowest BCUT2D eigenvalue weighted by atomic mass is 10.1. The van der Waals surface area contributed by atoms with Crippen LogP contribution in [0.4, 0.5) is 5.69 Å². The first-order valence-electron chi connectivity index (χ1n) is 7.14. The summed E-state index contributed by atoms with van der Waals surface area (Å²) in [7, 11) is -3.83. The number of carbonyl (C=O) groups is 1. The zero-order valence-electron chi connectivity index (χ0n) is 13.6. The van der Waals surface area contributed by atoms with Gasteiger partial charge in [-0.15, -0.1) is 0 Å². The highest BCUT2D eigenvalue weighted by molar-refractivity contribution is 7.89. The molecule has 3 N–H and O–H groups in total. The molecule has 0 radical (unpaired) electrons. The van der Waals surface area contributed by atoms with Crippen molar-refractivity contribution >= 4 is 21.7 Å². The van der Waals surface area contributed by atoms with E-state index in [4.69, 9.17) is 5.11 Å². The third-order valence-corrected chi connectivity index (χ3v) is 4.77. The molecular weight excluding hydrogens is 304 g/mol. The van der Waals surface area contributed by atoms with Gasteiger partial charge in [0.25, 0.3) is 0 Å². The summed E-state index contributed by atoms with van der Waals surface area (Å²) < 4.78 is 27.7. The van der Waals surface area contributed by atoms with Gasteiger partial charge in [-0.05, 0) is 52.3 Å². The van der Waals surface area contributed by atoms with E-state index >= 15 is 0 Å². The van der Waals surface area contributed by atoms with Gasteiger partial charge in [0.2, 0.25) is 10.0 Å². The van der Waals surface area contributed by atoms with Crippen LogP contribution in [0, 0.1) is 0 Å². The van der Waals surface area contributed by atoms with Gasteiger partial charge in [-0.1, -0.05) is 6.92 Å². The zero-order chi connectivity index (χ0) is 17.1. The first-order valence-corrected chi connectivity index (χ1v) is 8.62. The minimum Gasteiger partial charge on any atom is -0.478 e. The molecule has 1 rings (SSSR count). The fourth-order valence-corrected chi connectivity index (χ4v) is 3.44. The van der Waals surface area contributed by atoms with Gasteiger partial charge in [0.1, 0.15) is 4.90 Å². The minimum absolute atomic E-state index is 0.0531. The molecular formula is C15H24N2O4S. The number of carboxylic acids is 1. The highest BCUT2D eigenvalue weighted by atomic mass is 32.2. The molecule has 6 nitrogen and oxygen atoms in total. The van der Waals surface area contributed by atoms with E-state index in [0.29, 0.717) is 5.69 Å². The van der Waals surface area contributed by atoms with Crippen LogP contribution in [0.25, 0.3) is 0 Å². The molecule has 0 spiro atoms. The summed E-state index contributed by atoms with van der Waals surface area (Å²) >= 11 is 0. The number of sulfonamides is 1. The smallest absolute Gasteiger partial charge is 0.335 e. The molecule has 0 aliphatic carbocycles. The molecule has 0 aliphatic rings. The predicted octanol–water partition coefficient (Wildman–Crippen LogP) is 2.67. The lowest BCUT2D eigenvalue weighted by Crippen LogP contribution is -2.40. The number of aromatic carboxylic acids is 1. The van der Waals surface area contributed by atoms with Crippen molar-refractivity contribution in [3.8, 4) is 0 Å². The van der Waals surface area contributed by atoms with Crippen molar-refractivity contribution in [2.24, 2.45) is 0 Å². The van der Waals surface area contributed by atoms with Gasteiger partial charge >= 0.3 is 5.97 Å². The van der Waals surface area contributed by atoms with E-state index in [1.807, 2.05) is 13.8 Å². The van der Waals surface area contributed by atoms with Crippen molar-refractivity contribution in [1.29, 1.82) is 0 Å². The average Bonchev–Trinajstić information content (AvgIpc) is 2.35. The first-order chi connectivity index (χ1) is 9.96. The molecule has 7 heteroatoms. The van der Waals surface area contributed by atoms with Crippen molar-refractivity contribution < 1.29 is 18.3 Å². The number of anilines is 1. The molecule has 124 valence electrons. The van der Waals surface area contributed by atoms with E-state index in [1.165, 1.54) is 18.2 Å². The Balaban J connectivity index is 3.39. The van der Waals surface area contributed by atoms with E-state index < -0.39 is 21.5 Å². The van der Waals surface area contributed by atoms with Gasteiger partial charge in [0.15, 0.2) is 0 Å². The third-order valence-electron chi connectivity index (χ3n) is 2.97. The van der Waals surface area contributed by atoms with Gasteiger partial charge in [0, 0.05) is 11.6 Å². The van der Waals surface area contributed by atoms with Crippen molar-refractivity contribution in [2.45, 2.75) is 57.5 Å². The lowest BCUT2D eigenvalue weighted by Gasteiger charge is -2.23. The van der Waals surface area contributed by atoms with E-state index in [9.17, 15) is 13.2 Å². The van der Waals surface area contributed by atoms with Crippen LogP contribution in [-0.2, 0) is 10.0 Å². The van der Waals surface area contributed by atoms with Crippen LogP contribution in [0.15, 0.2) is 23.1 Å². The molecule has 1 aromatic rings. The summed E-state index contributed by atoms with van der Waals surface area (Å²) in [6, 6.07) is 4.14. The van der Waals surface area contributed by atoms with Gasteiger partial charge < -0.3 is 10.4 Å². The molecule has 0 amide bonds. The van der Waals surface area contributed by atoms with E-state index in [2.05, 4.69) is 10.0 Å². The molecule has 0 bridgehead atoms. The van der Waals surface area contributed by atoms with Crippen LogP contribution in [-0.4, -0.2) is 31.1 Å². The van der Waals surface area contributed by atoms with Crippen LogP contribution in [0.2, 0.25) is 0 Å². The Kier molecular flexibility index (Phi) is 5.59. The summed E-state index contributed by atoms with van der Waals surface area (Å²) in [6.45, 7) is 9.09. The fraction of sp³-hybridized carbons (Fsp3) is 0.533. The number of hydrogen-bond acceptors (Lipinski definition) is 4. The Labute approximate surface area is 132 Å². The molecule has 0 aromatic heterocycles. The molecule has 0 saturated heterocycles. The largest absolute Gasteiger partial charge is 0.478 e. The molecule has 1 aromatic carbocycles. The lowest BCUT2D eigenvalue weighted by molar-refractivity contribution is 0.0696. The first kappa shape index (κ1) is 18.4. The summed E-state index contributed by atoms with van der Waals surface area (Å²) in [6.07, 6.45) is 0.812. The standard InChI is InChI=1S/C15H24N2O4S/c1-6-10(2)16-12-8-7-11(14(18)19)9-13(12)22(20,21)17-15(3,4)5/h7-10,16-17H,6H2,1-5H3,(H,18,19)/t10-/m1/s1. The molecule has 0 fully saturated rings. The second-order valence-electron chi connectivity index (χ2n) is 6.33. The normalized spacial score (nSPS) is 13.7. The maximum Gasteiger partial charge on any atom is 0.335 e. The quantitative estimate of drug-likeness (QED) is 0.746. The summed E-state index contributed by atoms with van der Waals surface area (Å²) in [4.78, 5) is 11.1. The number of carboxylic acid groups (broad SMARTS) is 1. The topological polar surface area (TPSA) is 95.5 Å². The molecule has 0 saturated carbocycles. The summed E-state index contributed by atoms with van der Waals surface area (Å²) in [5, 5.41) is 12.2. The fourth-order valence-electron chi connectivity index (χ4n) is 1.82. The molecule has 0 unspecified atom stereocenters. The molecule has 0 aliphatic heterocycles. The Bertz CT molecular complexity index is 648. The summed E-state index contributed by atoms with van der Waals surface area (Å²) in [5.74, 6) is -1.16. The number of rotatable bonds is 6. The Morgan fingerprint density at radius 1 is 1.32 bits per heavy atom. The maximum absolute atomic E-state index is 12.6. The van der Waals surface area contributed by atoms with Crippen molar-refractivity contribution in [2.75, 3.05) is 5.32 Å². The molecule has 0 heterocycles. The highest BCUT2D eigenvalue weighted by Gasteiger charge is 2.26. The van der Waals surface area contributed by atoms with Gasteiger partial charge in [-0.3, -0.25) is 0 Å². The van der Waals surface area contributed by atoms with Crippen LogP contribution < -0.4 is 10.0 Å². The second kappa shape index (κ2) is 6.66. The number of hydrogen-bond donors (Lipinski definition) is 3. The van der Waals surface area contributed by atoms with Crippen LogP contribution in [0.3, 0.4) is 0 Å². The van der Waals surface area contributed by atoms with Crippen LogP contribution >= 0.6 is 0 Å². The predicted molar refractivity (Wildman–Crippen MR) is 86.9 cm³/mol. The minimum atomic E-state index is -3.83. The van der Waals surface area contributed by atoms with Crippen LogP contribution in [0.1, 0.15) is 51.4 Å². The zero-order valence-corrected chi connectivity index (χ0v) is 14.4. The Morgan fingerprint density at radius 3 is 2.36 bits per heavy atom. The summed E-state index contributed by atoms with van der Waals surface area (Å²) in [5.41, 5.74) is -0.328. The number of benzene rings is 1. The monoisotopic (exact) mass is 328 g/mol. The average molecular weight is 328 g/mol. The van der Waals surface area contributed by atoms with Crippen molar-refractivity contribution in [1.82, 2.24) is 4.72 Å². The van der Waals surface area contributed by atoms with Crippen molar-refractivity contribution in [3.05, 3.63) is 23.8 Å². The van der Waals surface area contributed by atoms with Gasteiger partial charge in [0.05, 0.1) is 11.3 Å². The SMILES string of the molecule is CC[C@@H](C)Nc1ccc(C(=O)O)cc1S(=O)(=O)NC(C)(C)C.